The van der Waals surface area contributed by atoms with Gasteiger partial charge in [-0.25, -0.2) is 4.79 Å². The molecule has 1 N–H and O–H groups in total. The van der Waals surface area contributed by atoms with Gasteiger partial charge in [-0.15, -0.1) is 0 Å². The SMILES string of the molecule is Cc1cc(OCC(=O)OCC(=O)Nc2ccccc2I)ccc1C(C)C. The first-order valence-electron chi connectivity index (χ1n) is 8.30. The van der Waals surface area contributed by atoms with Gasteiger partial charge in [-0.05, 0) is 70.8 Å². The predicted molar refractivity (Wildman–Crippen MR) is 110 cm³/mol. The molecule has 0 saturated carbocycles. The highest BCUT2D eigenvalue weighted by Gasteiger charge is 2.11. The normalized spacial score (nSPS) is 10.5. The van der Waals surface area contributed by atoms with Crippen molar-refractivity contribution in [3.05, 3.63) is 57.2 Å². The molecule has 0 spiro atoms. The molecular weight excluding hydrogens is 445 g/mol. The van der Waals surface area contributed by atoms with E-state index in [0.29, 0.717) is 17.4 Å². The first kappa shape index (κ1) is 20.2. The molecule has 0 radical (unpaired) electrons. The third kappa shape index (κ3) is 6.01. The Kier molecular flexibility index (Phi) is 7.44. The molecule has 0 heterocycles. The number of hydrogen-bond donors (Lipinski definition) is 1. The largest absolute Gasteiger partial charge is 0.482 e. The summed E-state index contributed by atoms with van der Waals surface area (Å²) in [6.07, 6.45) is 0. The Morgan fingerprint density at radius 1 is 1.12 bits per heavy atom. The Labute approximate surface area is 167 Å². The summed E-state index contributed by atoms with van der Waals surface area (Å²) in [4.78, 5) is 23.6. The molecule has 0 atom stereocenters. The molecule has 138 valence electrons. The third-order valence-corrected chi connectivity index (χ3v) is 4.67. The maximum atomic E-state index is 11.9. The molecule has 0 fully saturated rings. The fraction of sp³-hybridized carbons (Fsp3) is 0.300. The number of para-hydroxylation sites is 1. The van der Waals surface area contributed by atoms with Gasteiger partial charge in [-0.3, -0.25) is 4.79 Å². The van der Waals surface area contributed by atoms with Gasteiger partial charge in [0.25, 0.3) is 5.91 Å². The maximum absolute atomic E-state index is 11.9. The standard InChI is InChI=1S/C20H22INO4/c1-13(2)16-9-8-15(10-14(16)3)25-12-20(24)26-11-19(23)22-18-7-5-4-6-17(18)21/h4-10,13H,11-12H2,1-3H3,(H,22,23). The lowest BCUT2D eigenvalue weighted by atomic mass is 9.98. The predicted octanol–water partition coefficient (Wildman–Crippen LogP) is 4.28. The lowest BCUT2D eigenvalue weighted by molar-refractivity contribution is -0.149. The van der Waals surface area contributed by atoms with Crippen LogP contribution < -0.4 is 10.1 Å². The summed E-state index contributed by atoms with van der Waals surface area (Å²) in [6, 6.07) is 13.1. The van der Waals surface area contributed by atoms with Crippen LogP contribution in [0.25, 0.3) is 0 Å². The summed E-state index contributed by atoms with van der Waals surface area (Å²) in [5.74, 6) is 0.0560. The number of halogens is 1. The Balaban J connectivity index is 1.78. The second-order valence-corrected chi connectivity index (χ2v) is 7.31. The lowest BCUT2D eigenvalue weighted by Crippen LogP contribution is -2.24. The van der Waals surface area contributed by atoms with E-state index in [1.165, 1.54) is 5.56 Å². The average molecular weight is 467 g/mol. The van der Waals surface area contributed by atoms with Crippen molar-refractivity contribution < 1.29 is 19.1 Å². The zero-order valence-electron chi connectivity index (χ0n) is 15.0. The van der Waals surface area contributed by atoms with Gasteiger partial charge in [0.05, 0.1) is 5.69 Å². The Morgan fingerprint density at radius 3 is 2.50 bits per heavy atom. The topological polar surface area (TPSA) is 64.6 Å². The Morgan fingerprint density at radius 2 is 1.85 bits per heavy atom. The first-order chi connectivity index (χ1) is 12.4. The molecular formula is C20H22INO4. The van der Waals surface area contributed by atoms with Crippen LogP contribution >= 0.6 is 22.6 Å². The van der Waals surface area contributed by atoms with Gasteiger partial charge < -0.3 is 14.8 Å². The lowest BCUT2D eigenvalue weighted by Gasteiger charge is -2.12. The summed E-state index contributed by atoms with van der Waals surface area (Å²) >= 11 is 2.12. The highest BCUT2D eigenvalue weighted by molar-refractivity contribution is 14.1. The minimum absolute atomic E-state index is 0.239. The fourth-order valence-corrected chi connectivity index (χ4v) is 2.99. The molecule has 0 aliphatic heterocycles. The molecule has 0 aromatic heterocycles. The number of aryl methyl sites for hydroxylation is 1. The van der Waals surface area contributed by atoms with Crippen LogP contribution in [-0.2, 0) is 14.3 Å². The number of esters is 1. The van der Waals surface area contributed by atoms with Gasteiger partial charge in [0.15, 0.2) is 13.2 Å². The van der Waals surface area contributed by atoms with Crippen LogP contribution in [0.2, 0.25) is 0 Å². The molecule has 2 aromatic carbocycles. The highest BCUT2D eigenvalue weighted by Crippen LogP contribution is 2.23. The number of carbonyl (C=O) groups is 2. The van der Waals surface area contributed by atoms with Crippen molar-refractivity contribution in [3.8, 4) is 5.75 Å². The van der Waals surface area contributed by atoms with E-state index in [2.05, 4.69) is 41.8 Å². The summed E-state index contributed by atoms with van der Waals surface area (Å²) in [6.45, 7) is 5.67. The molecule has 1 amide bonds. The van der Waals surface area contributed by atoms with Gasteiger partial charge in [-0.2, -0.15) is 0 Å². The van der Waals surface area contributed by atoms with Crippen LogP contribution in [-0.4, -0.2) is 25.1 Å². The van der Waals surface area contributed by atoms with Crippen LogP contribution in [0.3, 0.4) is 0 Å². The van der Waals surface area contributed by atoms with Gasteiger partial charge >= 0.3 is 5.97 Å². The molecule has 0 aliphatic carbocycles. The van der Waals surface area contributed by atoms with Gasteiger partial charge in [0, 0.05) is 3.57 Å². The van der Waals surface area contributed by atoms with Crippen LogP contribution in [0.15, 0.2) is 42.5 Å². The van der Waals surface area contributed by atoms with E-state index in [4.69, 9.17) is 9.47 Å². The number of nitrogens with one attached hydrogen (secondary N) is 1. The maximum Gasteiger partial charge on any atom is 0.344 e. The second kappa shape index (κ2) is 9.56. The molecule has 5 nitrogen and oxygen atoms in total. The van der Waals surface area contributed by atoms with Crippen molar-refractivity contribution in [3.63, 3.8) is 0 Å². The van der Waals surface area contributed by atoms with Crippen molar-refractivity contribution in [2.24, 2.45) is 0 Å². The third-order valence-electron chi connectivity index (χ3n) is 3.73. The molecule has 6 heteroatoms. The Hall–Kier alpha value is -2.09. The fourth-order valence-electron chi connectivity index (χ4n) is 2.46. The van der Waals surface area contributed by atoms with E-state index in [-0.39, 0.29) is 19.1 Å². The van der Waals surface area contributed by atoms with Crippen LogP contribution in [0.1, 0.15) is 30.9 Å². The van der Waals surface area contributed by atoms with E-state index < -0.39 is 5.97 Å². The zero-order chi connectivity index (χ0) is 19.1. The van der Waals surface area contributed by atoms with E-state index in [0.717, 1.165) is 9.13 Å². The molecule has 0 aliphatic rings. The molecule has 0 unspecified atom stereocenters. The number of carbonyl (C=O) groups excluding carboxylic acids is 2. The van der Waals surface area contributed by atoms with Crippen LogP contribution in [0.4, 0.5) is 5.69 Å². The number of hydrogen-bond acceptors (Lipinski definition) is 4. The van der Waals surface area contributed by atoms with Crippen molar-refractivity contribution in [1.29, 1.82) is 0 Å². The minimum Gasteiger partial charge on any atom is -0.482 e. The summed E-state index contributed by atoms with van der Waals surface area (Å²) in [5.41, 5.74) is 3.04. The highest BCUT2D eigenvalue weighted by atomic mass is 127. The number of benzene rings is 2. The number of anilines is 1. The quantitative estimate of drug-likeness (QED) is 0.488. The zero-order valence-corrected chi connectivity index (χ0v) is 17.2. The van der Waals surface area contributed by atoms with E-state index in [1.807, 2.05) is 43.3 Å². The molecule has 26 heavy (non-hydrogen) atoms. The average Bonchev–Trinajstić information content (AvgIpc) is 2.60. The number of ether oxygens (including phenoxy) is 2. The van der Waals surface area contributed by atoms with Crippen molar-refractivity contribution in [1.82, 2.24) is 0 Å². The summed E-state index contributed by atoms with van der Waals surface area (Å²) < 4.78 is 11.3. The monoisotopic (exact) mass is 467 g/mol. The molecule has 0 saturated heterocycles. The van der Waals surface area contributed by atoms with Gasteiger partial charge in [0.2, 0.25) is 0 Å². The first-order valence-corrected chi connectivity index (χ1v) is 9.38. The van der Waals surface area contributed by atoms with Gasteiger partial charge in [0.1, 0.15) is 5.75 Å². The summed E-state index contributed by atoms with van der Waals surface area (Å²) in [5, 5.41) is 2.70. The summed E-state index contributed by atoms with van der Waals surface area (Å²) in [7, 11) is 0. The molecule has 0 bridgehead atoms. The number of amides is 1. The van der Waals surface area contributed by atoms with Crippen molar-refractivity contribution >= 4 is 40.2 Å². The number of rotatable bonds is 7. The molecule has 2 rings (SSSR count). The van der Waals surface area contributed by atoms with Crippen LogP contribution in [0, 0.1) is 10.5 Å². The van der Waals surface area contributed by atoms with Crippen molar-refractivity contribution in [2.45, 2.75) is 26.7 Å². The van der Waals surface area contributed by atoms with E-state index in [1.54, 1.807) is 6.07 Å². The van der Waals surface area contributed by atoms with E-state index >= 15 is 0 Å². The van der Waals surface area contributed by atoms with Gasteiger partial charge in [-0.1, -0.05) is 32.0 Å². The molecule has 2 aromatic rings. The van der Waals surface area contributed by atoms with E-state index in [9.17, 15) is 9.59 Å². The van der Waals surface area contributed by atoms with Crippen LogP contribution in [0.5, 0.6) is 5.75 Å². The minimum atomic E-state index is -0.589. The van der Waals surface area contributed by atoms with Crippen molar-refractivity contribution in [2.75, 3.05) is 18.5 Å². The smallest absolute Gasteiger partial charge is 0.344 e. The second-order valence-electron chi connectivity index (χ2n) is 6.15. The Bertz CT molecular complexity index is 789.